The van der Waals surface area contributed by atoms with Crippen LogP contribution < -0.4 is 5.32 Å². The van der Waals surface area contributed by atoms with E-state index in [4.69, 9.17) is 4.74 Å². The minimum atomic E-state index is 0.178. The first-order valence-corrected chi connectivity index (χ1v) is 6.35. The van der Waals surface area contributed by atoms with Crippen LogP contribution in [0.1, 0.15) is 25.7 Å². The quantitative estimate of drug-likeness (QED) is 0.561. The number of amides is 1. The molecule has 0 spiro atoms. The molecule has 1 aliphatic rings. The number of carbonyl (C=O) groups excluding carboxylic acids is 1. The summed E-state index contributed by atoms with van der Waals surface area (Å²) in [5.41, 5.74) is 0. The van der Waals surface area contributed by atoms with Crippen LogP contribution in [0.4, 0.5) is 0 Å². The van der Waals surface area contributed by atoms with Gasteiger partial charge in [0.15, 0.2) is 0 Å². The summed E-state index contributed by atoms with van der Waals surface area (Å²) in [6.45, 7) is 1.96. The van der Waals surface area contributed by atoms with E-state index in [0.29, 0.717) is 32.1 Å². The molecule has 82 valence electrons. The van der Waals surface area contributed by atoms with E-state index < -0.39 is 0 Å². The zero-order valence-corrected chi connectivity index (χ0v) is 10.0. The van der Waals surface area contributed by atoms with Gasteiger partial charge in [0, 0.05) is 18.3 Å². The molecule has 0 aromatic carbocycles. The maximum atomic E-state index is 11.3. The molecule has 14 heavy (non-hydrogen) atoms. The lowest BCUT2D eigenvalue weighted by Gasteiger charge is -2.24. The first-order valence-electron chi connectivity index (χ1n) is 5.23. The van der Waals surface area contributed by atoms with Crippen LogP contribution in [0.3, 0.4) is 0 Å². The fourth-order valence-electron chi connectivity index (χ4n) is 1.45. The number of rotatable bonds is 7. The van der Waals surface area contributed by atoms with Gasteiger partial charge < -0.3 is 10.1 Å². The molecule has 0 bridgehead atoms. The molecule has 0 saturated heterocycles. The highest BCUT2D eigenvalue weighted by molar-refractivity contribution is 9.09. The summed E-state index contributed by atoms with van der Waals surface area (Å²) < 4.78 is 5.22. The first-order chi connectivity index (χ1) is 6.83. The number of alkyl halides is 1. The van der Waals surface area contributed by atoms with E-state index in [1.54, 1.807) is 0 Å². The largest absolute Gasteiger partial charge is 0.379 e. The number of ether oxygens (including phenoxy) is 1. The molecule has 0 unspecified atom stereocenters. The van der Waals surface area contributed by atoms with Gasteiger partial charge in [0.1, 0.15) is 0 Å². The van der Waals surface area contributed by atoms with Gasteiger partial charge in [-0.1, -0.05) is 22.4 Å². The van der Waals surface area contributed by atoms with Crippen molar-refractivity contribution in [2.45, 2.75) is 25.7 Å². The molecular weight excluding hydrogens is 246 g/mol. The van der Waals surface area contributed by atoms with Crippen molar-refractivity contribution in [1.82, 2.24) is 5.32 Å². The van der Waals surface area contributed by atoms with Gasteiger partial charge in [0.05, 0.1) is 13.2 Å². The predicted molar refractivity (Wildman–Crippen MR) is 59.6 cm³/mol. The van der Waals surface area contributed by atoms with E-state index >= 15 is 0 Å². The van der Waals surface area contributed by atoms with Crippen LogP contribution >= 0.6 is 15.9 Å². The number of nitrogens with one attached hydrogen (secondary N) is 1. The monoisotopic (exact) mass is 263 g/mol. The van der Waals surface area contributed by atoms with Crippen molar-refractivity contribution in [2.24, 2.45) is 5.92 Å². The molecule has 0 atom stereocenters. The summed E-state index contributed by atoms with van der Waals surface area (Å²) in [7, 11) is 0. The van der Waals surface area contributed by atoms with E-state index in [1.165, 1.54) is 19.3 Å². The fourth-order valence-corrected chi connectivity index (χ4v) is 1.68. The van der Waals surface area contributed by atoms with Crippen molar-refractivity contribution < 1.29 is 9.53 Å². The molecule has 1 aliphatic carbocycles. The zero-order chi connectivity index (χ0) is 10.2. The lowest BCUT2D eigenvalue weighted by atomic mass is 9.83. The smallest absolute Gasteiger partial charge is 0.220 e. The van der Waals surface area contributed by atoms with E-state index in [1.807, 2.05) is 0 Å². The number of carbonyl (C=O) groups is 1. The van der Waals surface area contributed by atoms with Gasteiger partial charge in [-0.2, -0.15) is 0 Å². The van der Waals surface area contributed by atoms with Crippen LogP contribution in [0.2, 0.25) is 0 Å². The Hall–Kier alpha value is -0.0900. The van der Waals surface area contributed by atoms with Crippen molar-refractivity contribution in [3.05, 3.63) is 0 Å². The van der Waals surface area contributed by atoms with Crippen molar-refractivity contribution >= 4 is 21.8 Å². The van der Waals surface area contributed by atoms with Crippen molar-refractivity contribution in [1.29, 1.82) is 0 Å². The van der Waals surface area contributed by atoms with Crippen LogP contribution in [0, 0.1) is 5.92 Å². The third-order valence-corrected chi connectivity index (χ3v) is 2.81. The van der Waals surface area contributed by atoms with Crippen LogP contribution in [-0.2, 0) is 9.53 Å². The van der Waals surface area contributed by atoms with Crippen molar-refractivity contribution in [3.8, 4) is 0 Å². The SMILES string of the molecule is O=C(CC1CCC1)NCCOCCBr. The van der Waals surface area contributed by atoms with Gasteiger partial charge in [0.2, 0.25) is 5.91 Å². The molecule has 1 fully saturated rings. The highest BCUT2D eigenvalue weighted by atomic mass is 79.9. The van der Waals surface area contributed by atoms with Crippen LogP contribution in [-0.4, -0.2) is 31.0 Å². The number of hydrogen-bond acceptors (Lipinski definition) is 2. The zero-order valence-electron chi connectivity index (χ0n) is 8.43. The molecular formula is C10H18BrNO2. The van der Waals surface area contributed by atoms with Crippen LogP contribution in [0.15, 0.2) is 0 Å². The molecule has 0 heterocycles. The molecule has 1 saturated carbocycles. The van der Waals surface area contributed by atoms with Gasteiger partial charge >= 0.3 is 0 Å². The standard InChI is InChI=1S/C10H18BrNO2/c11-4-6-14-7-5-12-10(13)8-9-2-1-3-9/h9H,1-8H2,(H,12,13). The molecule has 0 aromatic heterocycles. The predicted octanol–water partition coefficient (Wildman–Crippen LogP) is 1.70. The molecule has 1 rings (SSSR count). The molecule has 0 aliphatic heterocycles. The lowest BCUT2D eigenvalue weighted by Crippen LogP contribution is -2.30. The Bertz CT molecular complexity index is 172. The van der Waals surface area contributed by atoms with Gasteiger partial charge in [0.25, 0.3) is 0 Å². The number of halogens is 1. The van der Waals surface area contributed by atoms with E-state index in [0.717, 1.165) is 5.33 Å². The minimum absolute atomic E-state index is 0.178. The third-order valence-electron chi connectivity index (χ3n) is 2.49. The summed E-state index contributed by atoms with van der Waals surface area (Å²) in [5, 5.41) is 3.71. The Kier molecular flexibility index (Phi) is 6.19. The van der Waals surface area contributed by atoms with Gasteiger partial charge in [-0.05, 0) is 18.8 Å². The van der Waals surface area contributed by atoms with Crippen LogP contribution in [0.25, 0.3) is 0 Å². The second-order valence-corrected chi connectivity index (χ2v) is 4.45. The molecule has 1 amide bonds. The summed E-state index contributed by atoms with van der Waals surface area (Å²) in [6, 6.07) is 0. The summed E-state index contributed by atoms with van der Waals surface area (Å²) in [6.07, 6.45) is 4.46. The maximum absolute atomic E-state index is 11.3. The summed E-state index contributed by atoms with van der Waals surface area (Å²) in [4.78, 5) is 11.3. The van der Waals surface area contributed by atoms with E-state index in [2.05, 4.69) is 21.2 Å². The molecule has 0 aromatic rings. The third kappa shape index (κ3) is 4.96. The second kappa shape index (κ2) is 7.23. The lowest BCUT2D eigenvalue weighted by molar-refractivity contribution is -0.122. The Labute approximate surface area is 93.7 Å². The average molecular weight is 264 g/mol. The maximum Gasteiger partial charge on any atom is 0.220 e. The minimum Gasteiger partial charge on any atom is -0.379 e. The molecule has 3 nitrogen and oxygen atoms in total. The van der Waals surface area contributed by atoms with Gasteiger partial charge in [-0.3, -0.25) is 4.79 Å². The van der Waals surface area contributed by atoms with Gasteiger partial charge in [-0.15, -0.1) is 0 Å². The second-order valence-electron chi connectivity index (χ2n) is 3.65. The Morgan fingerprint density at radius 3 is 2.79 bits per heavy atom. The van der Waals surface area contributed by atoms with E-state index in [-0.39, 0.29) is 5.91 Å². The normalized spacial score (nSPS) is 16.4. The summed E-state index contributed by atoms with van der Waals surface area (Å²) >= 11 is 3.27. The Morgan fingerprint density at radius 2 is 2.21 bits per heavy atom. The van der Waals surface area contributed by atoms with Gasteiger partial charge in [-0.25, -0.2) is 0 Å². The topological polar surface area (TPSA) is 38.3 Å². The molecule has 0 radical (unpaired) electrons. The first kappa shape index (κ1) is 12.0. The average Bonchev–Trinajstić information content (AvgIpc) is 2.11. The van der Waals surface area contributed by atoms with Crippen LogP contribution in [0.5, 0.6) is 0 Å². The number of hydrogen-bond donors (Lipinski definition) is 1. The highest BCUT2D eigenvalue weighted by Gasteiger charge is 2.20. The summed E-state index contributed by atoms with van der Waals surface area (Å²) in [5.74, 6) is 0.829. The fraction of sp³-hybridized carbons (Fsp3) is 0.900. The highest BCUT2D eigenvalue weighted by Crippen LogP contribution is 2.28. The molecule has 4 heteroatoms. The Balaban J connectivity index is 1.87. The van der Waals surface area contributed by atoms with E-state index in [9.17, 15) is 4.79 Å². The van der Waals surface area contributed by atoms with Crippen molar-refractivity contribution in [3.63, 3.8) is 0 Å². The van der Waals surface area contributed by atoms with Crippen molar-refractivity contribution in [2.75, 3.05) is 25.1 Å². The molecule has 1 N–H and O–H groups in total. The Morgan fingerprint density at radius 1 is 1.43 bits per heavy atom.